The summed E-state index contributed by atoms with van der Waals surface area (Å²) in [6.45, 7) is 6.52. The van der Waals surface area contributed by atoms with E-state index in [9.17, 15) is 14.4 Å². The second-order valence-electron chi connectivity index (χ2n) is 18.1. The van der Waals surface area contributed by atoms with Crippen molar-refractivity contribution in [3.05, 3.63) is 48.6 Å². The maximum absolute atomic E-state index is 12.8. The molecule has 0 spiro atoms. The fourth-order valence-electron chi connectivity index (χ4n) is 7.75. The van der Waals surface area contributed by atoms with Crippen LogP contribution >= 0.6 is 0 Å². The highest BCUT2D eigenvalue weighted by molar-refractivity contribution is 5.71. The van der Waals surface area contributed by atoms with E-state index in [0.29, 0.717) is 19.3 Å². The van der Waals surface area contributed by atoms with Gasteiger partial charge in [-0.15, -0.1) is 0 Å². The Labute approximate surface area is 390 Å². The van der Waals surface area contributed by atoms with Gasteiger partial charge in [0.2, 0.25) is 0 Å². The number of hydrogen-bond acceptors (Lipinski definition) is 6. The second kappa shape index (κ2) is 52.0. The van der Waals surface area contributed by atoms with E-state index < -0.39 is 6.10 Å². The lowest BCUT2D eigenvalue weighted by atomic mass is 10.0. The van der Waals surface area contributed by atoms with Crippen LogP contribution in [0.2, 0.25) is 0 Å². The summed E-state index contributed by atoms with van der Waals surface area (Å²) in [5, 5.41) is 0. The molecule has 0 radical (unpaired) electrons. The summed E-state index contributed by atoms with van der Waals surface area (Å²) in [4.78, 5) is 38.0. The first-order chi connectivity index (χ1) is 31.0. The number of carbonyl (C=O) groups is 3. The molecule has 0 saturated carbocycles. The van der Waals surface area contributed by atoms with Gasteiger partial charge >= 0.3 is 17.9 Å². The van der Waals surface area contributed by atoms with Gasteiger partial charge in [-0.3, -0.25) is 14.4 Å². The van der Waals surface area contributed by atoms with Crippen LogP contribution in [0.25, 0.3) is 0 Å². The Balaban J connectivity index is 4.38. The summed E-state index contributed by atoms with van der Waals surface area (Å²) in [7, 11) is 0. The highest BCUT2D eigenvalue weighted by atomic mass is 16.6. The molecule has 0 amide bonds. The fourth-order valence-corrected chi connectivity index (χ4v) is 7.75. The Morgan fingerprint density at radius 2 is 0.619 bits per heavy atom. The maximum atomic E-state index is 12.8. The Bertz CT molecular complexity index is 1110. The van der Waals surface area contributed by atoms with Crippen molar-refractivity contribution < 1.29 is 28.6 Å². The van der Waals surface area contributed by atoms with E-state index in [-0.39, 0.29) is 31.1 Å². The van der Waals surface area contributed by atoms with Gasteiger partial charge < -0.3 is 14.2 Å². The normalized spacial score (nSPS) is 12.4. The summed E-state index contributed by atoms with van der Waals surface area (Å²) in [5.74, 6) is -0.913. The second-order valence-corrected chi connectivity index (χ2v) is 18.1. The molecule has 0 aromatic carbocycles. The molecule has 0 N–H and O–H groups in total. The Morgan fingerprint density at radius 3 is 1.00 bits per heavy atom. The fraction of sp³-hybridized carbons (Fsp3) is 0.807. The monoisotopic (exact) mass is 883 g/mol. The molecule has 0 aliphatic rings. The zero-order valence-electron chi connectivity index (χ0n) is 41.8. The van der Waals surface area contributed by atoms with Gasteiger partial charge in [0, 0.05) is 19.3 Å². The van der Waals surface area contributed by atoms with E-state index in [4.69, 9.17) is 14.2 Å². The van der Waals surface area contributed by atoms with Crippen molar-refractivity contribution in [2.45, 2.75) is 284 Å². The van der Waals surface area contributed by atoms with E-state index in [1.807, 2.05) is 0 Å². The maximum Gasteiger partial charge on any atom is 0.306 e. The molecule has 0 aliphatic heterocycles. The summed E-state index contributed by atoms with van der Waals surface area (Å²) in [6, 6.07) is 0. The van der Waals surface area contributed by atoms with E-state index >= 15 is 0 Å². The molecule has 0 saturated heterocycles. The van der Waals surface area contributed by atoms with Crippen LogP contribution < -0.4 is 0 Å². The van der Waals surface area contributed by atoms with Gasteiger partial charge in [0.05, 0.1) is 0 Å². The van der Waals surface area contributed by atoms with Crippen LogP contribution in [0.1, 0.15) is 278 Å². The molecule has 6 heteroatoms. The van der Waals surface area contributed by atoms with Crippen molar-refractivity contribution in [3.63, 3.8) is 0 Å². The van der Waals surface area contributed by atoms with Gasteiger partial charge in [-0.2, -0.15) is 0 Å². The van der Waals surface area contributed by atoms with E-state index in [1.54, 1.807) is 0 Å². The molecule has 63 heavy (non-hydrogen) atoms. The summed E-state index contributed by atoms with van der Waals surface area (Å²) < 4.78 is 16.8. The van der Waals surface area contributed by atoms with Crippen molar-refractivity contribution in [3.8, 4) is 0 Å². The number of carbonyl (C=O) groups excluding carboxylic acids is 3. The molecule has 1 atom stereocenters. The SMILES string of the molecule is CC/C=C\C/C=C\C/C=C\CCCCCCC(=O)OC(COC(=O)CCCCC/C=C\CCCCCCCCC)COC(=O)CCCCCCCCCCCCCCCCCCC. The lowest BCUT2D eigenvalue weighted by molar-refractivity contribution is -0.167. The van der Waals surface area contributed by atoms with Gasteiger partial charge in [-0.1, -0.05) is 230 Å². The number of ether oxygens (including phenoxy) is 3. The van der Waals surface area contributed by atoms with Gasteiger partial charge in [0.1, 0.15) is 13.2 Å². The molecule has 366 valence electrons. The largest absolute Gasteiger partial charge is 0.462 e. The average Bonchev–Trinajstić information content (AvgIpc) is 3.28. The van der Waals surface area contributed by atoms with Crippen LogP contribution in [0.4, 0.5) is 0 Å². The molecule has 0 bridgehead atoms. The zero-order chi connectivity index (χ0) is 45.8. The lowest BCUT2D eigenvalue weighted by Crippen LogP contribution is -2.30. The van der Waals surface area contributed by atoms with Crippen LogP contribution in [0.3, 0.4) is 0 Å². The molecular weight excluding hydrogens is 781 g/mol. The number of esters is 3. The van der Waals surface area contributed by atoms with Crippen LogP contribution in [-0.2, 0) is 28.6 Å². The Hall–Kier alpha value is -2.63. The molecular formula is C57H102O6. The minimum Gasteiger partial charge on any atom is -0.462 e. The van der Waals surface area contributed by atoms with Gasteiger partial charge in [-0.05, 0) is 77.0 Å². The Morgan fingerprint density at radius 1 is 0.333 bits per heavy atom. The van der Waals surface area contributed by atoms with E-state index in [2.05, 4.69) is 69.4 Å². The van der Waals surface area contributed by atoms with Gasteiger partial charge in [-0.25, -0.2) is 0 Å². The molecule has 0 aromatic rings. The van der Waals surface area contributed by atoms with E-state index in [0.717, 1.165) is 103 Å². The van der Waals surface area contributed by atoms with Crippen molar-refractivity contribution in [2.24, 2.45) is 0 Å². The molecule has 0 rings (SSSR count). The van der Waals surface area contributed by atoms with Crippen LogP contribution in [0, 0.1) is 0 Å². The lowest BCUT2D eigenvalue weighted by Gasteiger charge is -2.18. The smallest absolute Gasteiger partial charge is 0.306 e. The van der Waals surface area contributed by atoms with Crippen LogP contribution in [-0.4, -0.2) is 37.2 Å². The molecule has 6 nitrogen and oxygen atoms in total. The quantitative estimate of drug-likeness (QED) is 0.0262. The third kappa shape index (κ3) is 50.2. The van der Waals surface area contributed by atoms with Crippen molar-refractivity contribution in [1.29, 1.82) is 0 Å². The predicted molar refractivity (Wildman–Crippen MR) is 270 cm³/mol. The van der Waals surface area contributed by atoms with Gasteiger partial charge in [0.25, 0.3) is 0 Å². The minimum absolute atomic E-state index is 0.0844. The number of unbranched alkanes of at least 4 members (excludes halogenated alkanes) is 30. The predicted octanol–water partition coefficient (Wildman–Crippen LogP) is 17.9. The Kier molecular flexibility index (Phi) is 49.8. The highest BCUT2D eigenvalue weighted by Crippen LogP contribution is 2.16. The topological polar surface area (TPSA) is 78.9 Å². The molecule has 1 unspecified atom stereocenters. The average molecular weight is 883 g/mol. The third-order valence-electron chi connectivity index (χ3n) is 11.8. The zero-order valence-corrected chi connectivity index (χ0v) is 41.8. The molecule has 0 aromatic heterocycles. The molecule has 0 aliphatic carbocycles. The number of hydrogen-bond donors (Lipinski definition) is 0. The van der Waals surface area contributed by atoms with E-state index in [1.165, 1.54) is 135 Å². The minimum atomic E-state index is -0.788. The first-order valence-electron chi connectivity index (χ1n) is 27.1. The number of allylic oxidation sites excluding steroid dienone is 8. The van der Waals surface area contributed by atoms with Gasteiger partial charge in [0.15, 0.2) is 6.10 Å². The first-order valence-corrected chi connectivity index (χ1v) is 27.1. The first kappa shape index (κ1) is 60.4. The van der Waals surface area contributed by atoms with Crippen molar-refractivity contribution in [1.82, 2.24) is 0 Å². The number of rotatable bonds is 49. The van der Waals surface area contributed by atoms with Crippen LogP contribution in [0.5, 0.6) is 0 Å². The van der Waals surface area contributed by atoms with Crippen molar-refractivity contribution >= 4 is 17.9 Å². The summed E-state index contributed by atoms with van der Waals surface area (Å²) >= 11 is 0. The van der Waals surface area contributed by atoms with Crippen LogP contribution in [0.15, 0.2) is 48.6 Å². The summed E-state index contributed by atoms with van der Waals surface area (Å²) in [5.41, 5.74) is 0. The highest BCUT2D eigenvalue weighted by Gasteiger charge is 2.19. The molecule has 0 heterocycles. The standard InChI is InChI=1S/C57H102O6/c1-4-7-10-13-16-19-22-25-28-29-30-33-35-38-41-44-47-50-56(59)62-53-54(63-57(60)51-48-45-42-39-36-32-27-24-21-18-15-12-9-6-3)52-61-55(58)49-46-43-40-37-34-31-26-23-20-17-14-11-8-5-2/h9,12,18,21,27,31-32,34,54H,4-8,10-11,13-17,19-20,22-26,28-30,33,35-53H2,1-3H3/b12-9-,21-18-,32-27-,34-31-. The van der Waals surface area contributed by atoms with Crippen molar-refractivity contribution in [2.75, 3.05) is 13.2 Å². The summed E-state index contributed by atoms with van der Waals surface area (Å²) in [6.07, 6.45) is 62.4. The third-order valence-corrected chi connectivity index (χ3v) is 11.8. The molecule has 0 fully saturated rings.